The zero-order valence-electron chi connectivity index (χ0n) is 10.3. The number of halogens is 1. The van der Waals surface area contributed by atoms with E-state index in [9.17, 15) is 4.79 Å². The van der Waals surface area contributed by atoms with Gasteiger partial charge in [0.2, 0.25) is 0 Å². The van der Waals surface area contributed by atoms with Crippen LogP contribution in [0, 0.1) is 0 Å². The maximum atomic E-state index is 12.4. The van der Waals surface area contributed by atoms with Gasteiger partial charge in [0.05, 0.1) is 15.9 Å². The Labute approximate surface area is 110 Å². The average Bonchev–Trinajstić information content (AvgIpc) is 2.37. The monoisotopic (exact) mass is 265 g/mol. The summed E-state index contributed by atoms with van der Waals surface area (Å²) in [6.07, 6.45) is 1.47. The normalized spacial score (nSPS) is 11.1. The molecule has 1 aromatic heterocycles. The molecule has 0 atom stereocenters. The van der Waals surface area contributed by atoms with E-state index in [2.05, 4.69) is 4.98 Å². The van der Waals surface area contributed by atoms with Gasteiger partial charge in [-0.05, 0) is 25.1 Å². The highest BCUT2D eigenvalue weighted by Crippen LogP contribution is 2.18. The Kier molecular flexibility index (Phi) is 3.99. The van der Waals surface area contributed by atoms with Crippen LogP contribution in [0.25, 0.3) is 10.9 Å². The van der Waals surface area contributed by atoms with Crippen LogP contribution in [0.4, 0.5) is 0 Å². The summed E-state index contributed by atoms with van der Waals surface area (Å²) >= 11 is 6.09. The molecule has 96 valence electrons. The topological polar surface area (TPSA) is 60.9 Å². The van der Waals surface area contributed by atoms with Crippen molar-refractivity contribution >= 4 is 22.5 Å². The molecule has 0 saturated heterocycles. The number of hydrogen-bond donors (Lipinski definition) is 1. The van der Waals surface area contributed by atoms with Crippen LogP contribution in [-0.4, -0.2) is 16.1 Å². The van der Waals surface area contributed by atoms with E-state index in [1.165, 1.54) is 0 Å². The molecule has 0 bridgehead atoms. The summed E-state index contributed by atoms with van der Waals surface area (Å²) < 4.78 is 1.68. The number of fused-ring (bicyclic) bond motifs is 1. The highest BCUT2D eigenvalue weighted by atomic mass is 35.5. The molecular formula is C13H16ClN3O. The van der Waals surface area contributed by atoms with Crippen LogP contribution in [-0.2, 0) is 13.0 Å². The summed E-state index contributed by atoms with van der Waals surface area (Å²) in [5.41, 5.74) is 6.09. The van der Waals surface area contributed by atoms with Crippen LogP contribution in [0.1, 0.15) is 19.2 Å². The fourth-order valence-corrected chi connectivity index (χ4v) is 2.27. The fourth-order valence-electron chi connectivity index (χ4n) is 2.02. The number of nitrogens with zero attached hydrogens (tertiary/aromatic N) is 2. The molecule has 1 heterocycles. The van der Waals surface area contributed by atoms with Gasteiger partial charge >= 0.3 is 0 Å². The maximum absolute atomic E-state index is 12.4. The van der Waals surface area contributed by atoms with Crippen LogP contribution in [0.3, 0.4) is 0 Å². The second-order valence-corrected chi connectivity index (χ2v) is 4.52. The van der Waals surface area contributed by atoms with Gasteiger partial charge in [0.15, 0.2) is 0 Å². The van der Waals surface area contributed by atoms with Gasteiger partial charge in [0.1, 0.15) is 5.82 Å². The van der Waals surface area contributed by atoms with E-state index in [1.807, 2.05) is 13.0 Å². The van der Waals surface area contributed by atoms with Gasteiger partial charge in [-0.15, -0.1) is 0 Å². The summed E-state index contributed by atoms with van der Waals surface area (Å²) in [5, 5.41) is 0.947. The van der Waals surface area contributed by atoms with Gasteiger partial charge in [-0.25, -0.2) is 4.98 Å². The molecule has 0 aliphatic carbocycles. The molecule has 0 radical (unpaired) electrons. The van der Waals surface area contributed by atoms with Crippen molar-refractivity contribution in [3.05, 3.63) is 39.4 Å². The number of aromatic nitrogens is 2. The van der Waals surface area contributed by atoms with E-state index in [0.717, 1.165) is 12.2 Å². The zero-order valence-corrected chi connectivity index (χ0v) is 11.1. The van der Waals surface area contributed by atoms with Crippen molar-refractivity contribution in [2.45, 2.75) is 26.3 Å². The minimum Gasteiger partial charge on any atom is -0.330 e. The number of nitrogens with two attached hydrogens (primary N) is 1. The Hall–Kier alpha value is -1.39. The largest absolute Gasteiger partial charge is 0.330 e. The zero-order chi connectivity index (χ0) is 13.1. The number of rotatable bonds is 4. The molecule has 4 nitrogen and oxygen atoms in total. The molecule has 2 N–H and O–H groups in total. The van der Waals surface area contributed by atoms with Crippen molar-refractivity contribution in [1.82, 2.24) is 9.55 Å². The molecule has 0 saturated carbocycles. The first-order chi connectivity index (χ1) is 8.69. The van der Waals surface area contributed by atoms with E-state index in [4.69, 9.17) is 17.3 Å². The summed E-state index contributed by atoms with van der Waals surface area (Å²) in [4.78, 5) is 16.9. The standard InChI is InChI=1S/C13H16ClN3O/c1-2-11-16-10-6-3-5-9(14)12(10)13(18)17(11)8-4-7-15/h3,5-6H,2,4,7-8,15H2,1H3. The Balaban J connectivity index is 2.71. The van der Waals surface area contributed by atoms with E-state index in [0.29, 0.717) is 35.4 Å². The van der Waals surface area contributed by atoms with Crippen molar-refractivity contribution in [1.29, 1.82) is 0 Å². The third-order valence-electron chi connectivity index (χ3n) is 2.91. The molecule has 0 unspecified atom stereocenters. The number of hydrogen-bond acceptors (Lipinski definition) is 3. The molecule has 0 aliphatic rings. The van der Waals surface area contributed by atoms with Crippen molar-refractivity contribution < 1.29 is 0 Å². The summed E-state index contributed by atoms with van der Waals surface area (Å²) in [6, 6.07) is 5.33. The third-order valence-corrected chi connectivity index (χ3v) is 3.23. The van der Waals surface area contributed by atoms with Gasteiger partial charge in [-0.3, -0.25) is 9.36 Å². The van der Waals surface area contributed by atoms with Gasteiger partial charge in [-0.1, -0.05) is 24.6 Å². The first-order valence-corrected chi connectivity index (χ1v) is 6.44. The van der Waals surface area contributed by atoms with Crippen molar-refractivity contribution in [2.75, 3.05) is 6.54 Å². The molecule has 0 amide bonds. The number of benzene rings is 1. The Bertz CT molecular complexity index is 621. The lowest BCUT2D eigenvalue weighted by Crippen LogP contribution is -2.26. The Morgan fingerprint density at radius 3 is 2.89 bits per heavy atom. The first kappa shape index (κ1) is 13.1. The van der Waals surface area contributed by atoms with Crippen molar-refractivity contribution in [2.24, 2.45) is 5.73 Å². The van der Waals surface area contributed by atoms with Crippen LogP contribution >= 0.6 is 11.6 Å². The highest BCUT2D eigenvalue weighted by molar-refractivity contribution is 6.35. The van der Waals surface area contributed by atoms with Crippen LogP contribution in [0.5, 0.6) is 0 Å². The lowest BCUT2D eigenvalue weighted by Gasteiger charge is -2.12. The van der Waals surface area contributed by atoms with Crippen LogP contribution in [0.15, 0.2) is 23.0 Å². The summed E-state index contributed by atoms with van der Waals surface area (Å²) in [6.45, 7) is 3.12. The van der Waals surface area contributed by atoms with Crippen molar-refractivity contribution in [3.63, 3.8) is 0 Å². The smallest absolute Gasteiger partial charge is 0.262 e. The third kappa shape index (κ3) is 2.26. The van der Waals surface area contributed by atoms with E-state index in [-0.39, 0.29) is 5.56 Å². The predicted octanol–water partition coefficient (Wildman–Crippen LogP) is 1.96. The van der Waals surface area contributed by atoms with E-state index >= 15 is 0 Å². The lowest BCUT2D eigenvalue weighted by atomic mass is 10.2. The summed E-state index contributed by atoms with van der Waals surface area (Å²) in [7, 11) is 0. The predicted molar refractivity (Wildman–Crippen MR) is 74.1 cm³/mol. The maximum Gasteiger partial charge on any atom is 0.262 e. The van der Waals surface area contributed by atoms with Gasteiger partial charge in [0, 0.05) is 13.0 Å². The Morgan fingerprint density at radius 1 is 1.44 bits per heavy atom. The Morgan fingerprint density at radius 2 is 2.22 bits per heavy atom. The van der Waals surface area contributed by atoms with Crippen LogP contribution < -0.4 is 11.3 Å². The van der Waals surface area contributed by atoms with Gasteiger partial charge < -0.3 is 5.73 Å². The van der Waals surface area contributed by atoms with E-state index in [1.54, 1.807) is 16.7 Å². The first-order valence-electron chi connectivity index (χ1n) is 6.07. The van der Waals surface area contributed by atoms with E-state index < -0.39 is 0 Å². The molecule has 0 aliphatic heterocycles. The number of aryl methyl sites for hydroxylation is 1. The molecule has 2 rings (SSSR count). The molecule has 5 heteroatoms. The second-order valence-electron chi connectivity index (χ2n) is 4.11. The minimum absolute atomic E-state index is 0.0732. The fraction of sp³-hybridized carbons (Fsp3) is 0.385. The van der Waals surface area contributed by atoms with Gasteiger partial charge in [0.25, 0.3) is 5.56 Å². The molecule has 0 spiro atoms. The summed E-state index contributed by atoms with van der Waals surface area (Å²) in [5.74, 6) is 0.781. The average molecular weight is 266 g/mol. The lowest BCUT2D eigenvalue weighted by molar-refractivity contribution is 0.593. The second kappa shape index (κ2) is 5.50. The van der Waals surface area contributed by atoms with Crippen LogP contribution in [0.2, 0.25) is 5.02 Å². The van der Waals surface area contributed by atoms with Crippen molar-refractivity contribution in [3.8, 4) is 0 Å². The highest BCUT2D eigenvalue weighted by Gasteiger charge is 2.11. The quantitative estimate of drug-likeness (QED) is 0.919. The molecular weight excluding hydrogens is 250 g/mol. The molecule has 1 aromatic carbocycles. The molecule has 0 fully saturated rings. The molecule has 2 aromatic rings. The van der Waals surface area contributed by atoms with Gasteiger partial charge in [-0.2, -0.15) is 0 Å². The molecule has 18 heavy (non-hydrogen) atoms. The minimum atomic E-state index is -0.0732. The SMILES string of the molecule is CCc1nc2cccc(Cl)c2c(=O)n1CCCN.